The van der Waals surface area contributed by atoms with Gasteiger partial charge in [-0.2, -0.15) is 5.10 Å². The SMILES string of the molecule is Cc1cc(C)n(-c2ncnc(N3CCCc4ccccc43)c2[N+](=O)[O-])n1. The lowest BCUT2D eigenvalue weighted by molar-refractivity contribution is -0.384. The number of para-hydroxylation sites is 1. The molecule has 0 fully saturated rings. The summed E-state index contributed by atoms with van der Waals surface area (Å²) in [6.45, 7) is 4.37. The first-order valence-corrected chi connectivity index (χ1v) is 8.44. The smallest absolute Gasteiger partial charge is 0.320 e. The minimum atomic E-state index is -0.418. The molecule has 8 heteroatoms. The normalized spacial score (nSPS) is 13.5. The van der Waals surface area contributed by atoms with Crippen LogP contribution in [-0.2, 0) is 6.42 Å². The van der Waals surface area contributed by atoms with E-state index in [1.54, 1.807) is 0 Å². The van der Waals surface area contributed by atoms with Crippen LogP contribution in [0.4, 0.5) is 17.2 Å². The number of rotatable bonds is 3. The van der Waals surface area contributed by atoms with Crippen molar-refractivity contribution in [2.75, 3.05) is 11.4 Å². The fourth-order valence-electron chi connectivity index (χ4n) is 3.47. The van der Waals surface area contributed by atoms with Crippen LogP contribution in [0.15, 0.2) is 36.7 Å². The number of nitro groups is 1. The molecule has 4 rings (SSSR count). The van der Waals surface area contributed by atoms with Gasteiger partial charge in [0.2, 0.25) is 11.6 Å². The van der Waals surface area contributed by atoms with Gasteiger partial charge in [0.05, 0.1) is 10.6 Å². The van der Waals surface area contributed by atoms with E-state index in [-0.39, 0.29) is 11.5 Å². The lowest BCUT2D eigenvalue weighted by atomic mass is 10.0. The quantitative estimate of drug-likeness (QED) is 0.532. The van der Waals surface area contributed by atoms with E-state index in [2.05, 4.69) is 21.1 Å². The monoisotopic (exact) mass is 350 g/mol. The van der Waals surface area contributed by atoms with Crippen molar-refractivity contribution in [1.29, 1.82) is 0 Å². The second-order valence-electron chi connectivity index (χ2n) is 6.35. The zero-order valence-electron chi connectivity index (χ0n) is 14.6. The van der Waals surface area contributed by atoms with Crippen LogP contribution in [-0.4, -0.2) is 31.2 Å². The molecule has 3 aromatic rings. The van der Waals surface area contributed by atoms with E-state index < -0.39 is 4.92 Å². The third-order valence-corrected chi connectivity index (χ3v) is 4.54. The molecule has 1 aliphatic heterocycles. The van der Waals surface area contributed by atoms with E-state index in [1.165, 1.54) is 16.6 Å². The Labute approximate surface area is 150 Å². The summed E-state index contributed by atoms with van der Waals surface area (Å²) in [6.07, 6.45) is 3.23. The molecule has 8 nitrogen and oxygen atoms in total. The standard InChI is InChI=1S/C18H18N6O2/c1-12-10-13(2)23(21-12)18-16(24(25)26)17(19-11-20-18)22-9-5-7-14-6-3-4-8-15(14)22/h3-4,6,8,10-11H,5,7,9H2,1-2H3. The van der Waals surface area contributed by atoms with Crippen molar-refractivity contribution in [1.82, 2.24) is 19.7 Å². The molecule has 3 heterocycles. The number of aryl methyl sites for hydroxylation is 3. The van der Waals surface area contributed by atoms with Gasteiger partial charge in [0.25, 0.3) is 0 Å². The van der Waals surface area contributed by atoms with Gasteiger partial charge < -0.3 is 4.90 Å². The Hall–Kier alpha value is -3.29. The van der Waals surface area contributed by atoms with Crippen LogP contribution in [0.5, 0.6) is 0 Å². The fraction of sp³-hybridized carbons (Fsp3) is 0.278. The molecule has 1 aliphatic rings. The van der Waals surface area contributed by atoms with Crippen molar-refractivity contribution in [2.45, 2.75) is 26.7 Å². The fourth-order valence-corrected chi connectivity index (χ4v) is 3.47. The second kappa shape index (κ2) is 6.21. The van der Waals surface area contributed by atoms with Gasteiger partial charge in [0, 0.05) is 17.9 Å². The first kappa shape index (κ1) is 16.2. The summed E-state index contributed by atoms with van der Waals surface area (Å²) >= 11 is 0. The van der Waals surface area contributed by atoms with Crippen LogP contribution in [0.25, 0.3) is 5.82 Å². The van der Waals surface area contributed by atoms with Crippen molar-refractivity contribution in [3.63, 3.8) is 0 Å². The number of fused-ring (bicyclic) bond motifs is 1. The number of hydrogen-bond donors (Lipinski definition) is 0. The van der Waals surface area contributed by atoms with Gasteiger partial charge in [-0.1, -0.05) is 18.2 Å². The topological polar surface area (TPSA) is 90.0 Å². The maximum atomic E-state index is 11.9. The van der Waals surface area contributed by atoms with Crippen LogP contribution in [0.3, 0.4) is 0 Å². The summed E-state index contributed by atoms with van der Waals surface area (Å²) in [7, 11) is 0. The first-order valence-electron chi connectivity index (χ1n) is 8.44. The first-order chi connectivity index (χ1) is 12.6. The van der Waals surface area contributed by atoms with Gasteiger partial charge in [0.15, 0.2) is 0 Å². The molecule has 0 bridgehead atoms. The summed E-state index contributed by atoms with van der Waals surface area (Å²) in [4.78, 5) is 21.9. The number of aromatic nitrogens is 4. The highest BCUT2D eigenvalue weighted by Gasteiger charge is 2.31. The highest BCUT2D eigenvalue weighted by molar-refractivity contribution is 5.74. The Morgan fingerprint density at radius 3 is 2.65 bits per heavy atom. The average molecular weight is 350 g/mol. The molecule has 26 heavy (non-hydrogen) atoms. The third kappa shape index (κ3) is 2.59. The van der Waals surface area contributed by atoms with Crippen LogP contribution in [0, 0.1) is 24.0 Å². The maximum absolute atomic E-state index is 11.9. The molecule has 0 radical (unpaired) electrons. The van der Waals surface area contributed by atoms with Crippen LogP contribution >= 0.6 is 0 Å². The molecule has 0 saturated carbocycles. The Balaban J connectivity index is 1.93. The van der Waals surface area contributed by atoms with E-state index in [9.17, 15) is 10.1 Å². The van der Waals surface area contributed by atoms with Gasteiger partial charge in [-0.3, -0.25) is 10.1 Å². The highest BCUT2D eigenvalue weighted by atomic mass is 16.6. The van der Waals surface area contributed by atoms with E-state index in [0.717, 1.165) is 29.9 Å². The van der Waals surface area contributed by atoms with Gasteiger partial charge >= 0.3 is 5.69 Å². The van der Waals surface area contributed by atoms with Crippen molar-refractivity contribution in [3.8, 4) is 5.82 Å². The molecule has 0 N–H and O–H groups in total. The van der Waals surface area contributed by atoms with Gasteiger partial charge in [-0.15, -0.1) is 0 Å². The number of nitrogens with zero attached hydrogens (tertiary/aromatic N) is 6. The largest absolute Gasteiger partial charge is 0.356 e. The third-order valence-electron chi connectivity index (χ3n) is 4.54. The summed E-state index contributed by atoms with van der Waals surface area (Å²) < 4.78 is 1.51. The zero-order chi connectivity index (χ0) is 18.3. The summed E-state index contributed by atoms with van der Waals surface area (Å²) in [5.41, 5.74) is 3.56. The molecule has 2 aromatic heterocycles. The van der Waals surface area contributed by atoms with Crippen molar-refractivity contribution in [2.24, 2.45) is 0 Å². The number of anilines is 2. The second-order valence-corrected chi connectivity index (χ2v) is 6.35. The van der Waals surface area contributed by atoms with E-state index in [1.807, 2.05) is 43.0 Å². The van der Waals surface area contributed by atoms with E-state index >= 15 is 0 Å². The van der Waals surface area contributed by atoms with Gasteiger partial charge in [0.1, 0.15) is 6.33 Å². The molecule has 0 amide bonds. The predicted molar refractivity (Wildman–Crippen MR) is 97.1 cm³/mol. The summed E-state index contributed by atoms with van der Waals surface area (Å²) in [5.74, 6) is 0.494. The van der Waals surface area contributed by atoms with Crippen molar-refractivity contribution >= 4 is 17.2 Å². The molecule has 0 unspecified atom stereocenters. The zero-order valence-corrected chi connectivity index (χ0v) is 14.6. The van der Waals surface area contributed by atoms with Crippen LogP contribution in [0.2, 0.25) is 0 Å². The molecule has 0 saturated heterocycles. The van der Waals surface area contributed by atoms with Crippen LogP contribution < -0.4 is 4.90 Å². The Morgan fingerprint density at radius 1 is 1.15 bits per heavy atom. The Morgan fingerprint density at radius 2 is 1.92 bits per heavy atom. The minimum absolute atomic E-state index is 0.129. The van der Waals surface area contributed by atoms with Crippen molar-refractivity contribution in [3.05, 3.63) is 63.7 Å². The summed E-state index contributed by atoms with van der Waals surface area (Å²) in [6, 6.07) is 9.81. The average Bonchev–Trinajstić information content (AvgIpc) is 2.98. The van der Waals surface area contributed by atoms with Gasteiger partial charge in [-0.25, -0.2) is 14.6 Å². The molecule has 0 aliphatic carbocycles. The predicted octanol–water partition coefficient (Wildman–Crippen LogP) is 3.27. The van der Waals surface area contributed by atoms with E-state index in [4.69, 9.17) is 0 Å². The molecule has 132 valence electrons. The van der Waals surface area contributed by atoms with Crippen molar-refractivity contribution < 1.29 is 4.92 Å². The highest BCUT2D eigenvalue weighted by Crippen LogP contribution is 2.38. The van der Waals surface area contributed by atoms with Gasteiger partial charge in [-0.05, 0) is 44.4 Å². The maximum Gasteiger partial charge on any atom is 0.356 e. The lowest BCUT2D eigenvalue weighted by Gasteiger charge is -2.30. The number of hydrogen-bond acceptors (Lipinski definition) is 6. The Bertz CT molecular complexity index is 997. The molecular weight excluding hydrogens is 332 g/mol. The Kier molecular flexibility index (Phi) is 3.87. The summed E-state index contributed by atoms with van der Waals surface area (Å²) in [5, 5.41) is 16.3. The minimum Gasteiger partial charge on any atom is -0.320 e. The molecule has 1 aromatic carbocycles. The number of benzene rings is 1. The lowest BCUT2D eigenvalue weighted by Crippen LogP contribution is -2.26. The molecule has 0 atom stereocenters. The molecular formula is C18H18N6O2. The van der Waals surface area contributed by atoms with Crippen LogP contribution in [0.1, 0.15) is 23.4 Å². The molecule has 0 spiro atoms. The van der Waals surface area contributed by atoms with E-state index in [0.29, 0.717) is 12.4 Å².